The zero-order chi connectivity index (χ0) is 22.3. The zero-order valence-corrected chi connectivity index (χ0v) is 18.8. The van der Waals surface area contributed by atoms with Crippen molar-refractivity contribution in [1.82, 2.24) is 10.9 Å². The molecule has 0 saturated carbocycles. The van der Waals surface area contributed by atoms with Gasteiger partial charge in [0.1, 0.15) is 5.75 Å². The normalized spacial score (nSPS) is 10.1. The van der Waals surface area contributed by atoms with E-state index in [1.165, 1.54) is 26.4 Å². The van der Waals surface area contributed by atoms with E-state index >= 15 is 0 Å². The second kappa shape index (κ2) is 11.1. The number of nitrogens with zero attached hydrogens (tertiary/aromatic N) is 1. The summed E-state index contributed by atoms with van der Waals surface area (Å²) in [5.41, 5.74) is 5.23. The van der Waals surface area contributed by atoms with Crippen LogP contribution in [0.15, 0.2) is 35.2 Å². The van der Waals surface area contributed by atoms with Gasteiger partial charge >= 0.3 is 5.69 Å². The lowest BCUT2D eigenvalue weighted by Gasteiger charge is -2.13. The number of carbonyl (C=O) groups is 1. The van der Waals surface area contributed by atoms with E-state index in [9.17, 15) is 14.9 Å². The highest BCUT2D eigenvalue weighted by Gasteiger charge is 2.20. The fourth-order valence-electron chi connectivity index (χ4n) is 2.16. The molecule has 160 valence electrons. The Morgan fingerprint density at radius 3 is 2.50 bits per heavy atom. The molecule has 0 bridgehead atoms. The minimum atomic E-state index is -0.577. The molecule has 1 amide bonds. The standard InChI is InChI=1S/C17H16Cl2N4O5S2/c1-27-13-7-15(14(28-2)6-12(13)23(25)26)30-8-16(24)21-22-17(29)20-11-5-9(18)3-4-10(11)19/h3-7H,8H2,1-2H3,(H,21,24)(H2,20,22,29). The quantitative estimate of drug-likeness (QED) is 0.229. The SMILES string of the molecule is COc1cc([N+](=O)[O-])c(OC)cc1SCC(=O)NNC(=S)Nc1cc(Cl)ccc1Cl. The second-order valence-corrected chi connectivity index (χ2v) is 7.74. The van der Waals surface area contributed by atoms with Gasteiger partial charge in [-0.2, -0.15) is 0 Å². The molecule has 0 aliphatic carbocycles. The van der Waals surface area contributed by atoms with Gasteiger partial charge in [-0.25, -0.2) is 0 Å². The van der Waals surface area contributed by atoms with Crippen molar-refractivity contribution < 1.29 is 19.2 Å². The minimum Gasteiger partial charge on any atom is -0.495 e. The third-order valence-electron chi connectivity index (χ3n) is 3.51. The van der Waals surface area contributed by atoms with Crippen LogP contribution >= 0.6 is 47.2 Å². The predicted molar refractivity (Wildman–Crippen MR) is 121 cm³/mol. The Kier molecular flexibility index (Phi) is 8.78. The molecule has 3 N–H and O–H groups in total. The van der Waals surface area contributed by atoms with E-state index in [4.69, 9.17) is 44.9 Å². The molecular weight excluding hydrogens is 475 g/mol. The second-order valence-electron chi connectivity index (χ2n) is 5.47. The van der Waals surface area contributed by atoms with Crippen molar-refractivity contribution in [3.05, 3.63) is 50.5 Å². The largest absolute Gasteiger partial charge is 0.495 e. The first-order chi connectivity index (χ1) is 14.2. The van der Waals surface area contributed by atoms with Crippen LogP contribution in [-0.2, 0) is 4.79 Å². The number of thiocarbonyl (C=S) groups is 1. The number of amides is 1. The van der Waals surface area contributed by atoms with Crippen LogP contribution in [0.1, 0.15) is 0 Å². The molecule has 30 heavy (non-hydrogen) atoms. The summed E-state index contributed by atoms with van der Waals surface area (Å²) < 4.78 is 10.2. The molecule has 2 aromatic rings. The number of hydrazine groups is 1. The summed E-state index contributed by atoms with van der Waals surface area (Å²) in [6.45, 7) is 0. The van der Waals surface area contributed by atoms with E-state index in [1.807, 2.05) is 0 Å². The Morgan fingerprint density at radius 1 is 1.17 bits per heavy atom. The van der Waals surface area contributed by atoms with Crippen molar-refractivity contribution in [1.29, 1.82) is 0 Å². The number of halogens is 2. The van der Waals surface area contributed by atoms with Gasteiger partial charge < -0.3 is 14.8 Å². The number of carbonyl (C=O) groups excluding carboxylic acids is 1. The Bertz CT molecular complexity index is 977. The summed E-state index contributed by atoms with van der Waals surface area (Å²) in [4.78, 5) is 23.1. The van der Waals surface area contributed by atoms with Crippen LogP contribution in [0, 0.1) is 10.1 Å². The van der Waals surface area contributed by atoms with Crippen molar-refractivity contribution in [3.8, 4) is 11.5 Å². The number of benzene rings is 2. The first kappa shape index (κ1) is 23.8. The number of hydrogen-bond acceptors (Lipinski definition) is 7. The van der Waals surface area contributed by atoms with E-state index < -0.39 is 10.8 Å². The Hall–Kier alpha value is -2.47. The zero-order valence-electron chi connectivity index (χ0n) is 15.7. The molecule has 0 saturated heterocycles. The monoisotopic (exact) mass is 490 g/mol. The smallest absolute Gasteiger partial charge is 0.314 e. The number of nitro groups is 1. The van der Waals surface area contributed by atoms with Crippen molar-refractivity contribution in [3.63, 3.8) is 0 Å². The van der Waals surface area contributed by atoms with Crippen LogP contribution in [0.5, 0.6) is 11.5 Å². The number of nitro benzene ring substituents is 1. The van der Waals surface area contributed by atoms with Gasteiger partial charge in [0, 0.05) is 11.1 Å². The number of rotatable bonds is 7. The summed E-state index contributed by atoms with van der Waals surface area (Å²) in [5, 5.41) is 14.9. The summed E-state index contributed by atoms with van der Waals surface area (Å²) in [6.07, 6.45) is 0. The number of anilines is 1. The summed E-state index contributed by atoms with van der Waals surface area (Å²) in [7, 11) is 2.70. The van der Waals surface area contributed by atoms with Crippen LogP contribution in [0.3, 0.4) is 0 Å². The molecule has 0 aliphatic rings. The van der Waals surface area contributed by atoms with Crippen LogP contribution in [0.2, 0.25) is 10.0 Å². The summed E-state index contributed by atoms with van der Waals surface area (Å²) in [5.74, 6) is -0.113. The third kappa shape index (κ3) is 6.52. The van der Waals surface area contributed by atoms with E-state index in [-0.39, 0.29) is 28.1 Å². The molecule has 0 unspecified atom stereocenters. The predicted octanol–water partition coefficient (Wildman–Crippen LogP) is 4.03. The van der Waals surface area contributed by atoms with Crippen LogP contribution < -0.4 is 25.6 Å². The van der Waals surface area contributed by atoms with E-state index in [0.717, 1.165) is 11.8 Å². The van der Waals surface area contributed by atoms with Gasteiger partial charge in [0.15, 0.2) is 10.9 Å². The molecule has 0 aromatic heterocycles. The van der Waals surface area contributed by atoms with Crippen molar-refractivity contribution in [2.24, 2.45) is 0 Å². The van der Waals surface area contributed by atoms with Crippen molar-refractivity contribution in [2.75, 3.05) is 25.3 Å². The Morgan fingerprint density at radius 2 is 1.87 bits per heavy atom. The summed E-state index contributed by atoms with van der Waals surface area (Å²) >= 11 is 18.2. The van der Waals surface area contributed by atoms with Crippen LogP contribution in [-0.4, -0.2) is 35.9 Å². The lowest BCUT2D eigenvalue weighted by molar-refractivity contribution is -0.385. The first-order valence-electron chi connectivity index (χ1n) is 8.09. The number of hydrogen-bond donors (Lipinski definition) is 3. The lowest BCUT2D eigenvalue weighted by Crippen LogP contribution is -2.44. The average molecular weight is 491 g/mol. The summed E-state index contributed by atoms with van der Waals surface area (Å²) in [6, 6.07) is 7.51. The molecule has 2 aromatic carbocycles. The topological polar surface area (TPSA) is 115 Å². The molecule has 0 aliphatic heterocycles. The van der Waals surface area contributed by atoms with E-state index in [1.54, 1.807) is 18.2 Å². The Labute approximate surface area is 191 Å². The van der Waals surface area contributed by atoms with Crippen LogP contribution in [0.4, 0.5) is 11.4 Å². The van der Waals surface area contributed by atoms with Crippen molar-refractivity contribution >= 4 is 69.6 Å². The fourth-order valence-corrected chi connectivity index (χ4v) is 3.49. The van der Waals surface area contributed by atoms with Gasteiger partial charge in [0.05, 0.1) is 46.6 Å². The van der Waals surface area contributed by atoms with Crippen LogP contribution in [0.25, 0.3) is 0 Å². The average Bonchev–Trinajstić information content (AvgIpc) is 2.72. The molecule has 0 fully saturated rings. The third-order valence-corrected chi connectivity index (χ3v) is 5.32. The Balaban J connectivity index is 1.93. The van der Waals surface area contributed by atoms with Gasteiger partial charge in [-0.3, -0.25) is 25.8 Å². The van der Waals surface area contributed by atoms with E-state index in [2.05, 4.69) is 16.2 Å². The molecule has 0 heterocycles. The molecule has 0 atom stereocenters. The molecule has 9 nitrogen and oxygen atoms in total. The molecular formula is C17H16Cl2N4O5S2. The molecule has 0 radical (unpaired) electrons. The van der Waals surface area contributed by atoms with Gasteiger partial charge in [-0.05, 0) is 30.4 Å². The molecule has 2 rings (SSSR count). The fraction of sp³-hybridized carbons (Fsp3) is 0.176. The lowest BCUT2D eigenvalue weighted by atomic mass is 10.3. The number of methoxy groups -OCH3 is 2. The maximum absolute atomic E-state index is 12.1. The van der Waals surface area contributed by atoms with Gasteiger partial charge in [0.25, 0.3) is 0 Å². The highest BCUT2D eigenvalue weighted by atomic mass is 35.5. The van der Waals surface area contributed by atoms with Gasteiger partial charge in [0.2, 0.25) is 5.91 Å². The van der Waals surface area contributed by atoms with Gasteiger partial charge in [-0.1, -0.05) is 23.2 Å². The highest BCUT2D eigenvalue weighted by molar-refractivity contribution is 8.00. The number of nitrogens with one attached hydrogen (secondary N) is 3. The highest BCUT2D eigenvalue weighted by Crippen LogP contribution is 2.39. The van der Waals surface area contributed by atoms with Gasteiger partial charge in [-0.15, -0.1) is 11.8 Å². The van der Waals surface area contributed by atoms with Crippen molar-refractivity contribution in [2.45, 2.75) is 4.90 Å². The first-order valence-corrected chi connectivity index (χ1v) is 10.2. The minimum absolute atomic E-state index is 0.0230. The van der Waals surface area contributed by atoms with E-state index in [0.29, 0.717) is 20.6 Å². The molecule has 0 spiro atoms. The maximum atomic E-state index is 12.1. The number of thioether (sulfide) groups is 1. The molecule has 13 heteroatoms. The number of ether oxygens (including phenoxy) is 2. The maximum Gasteiger partial charge on any atom is 0.314 e.